The van der Waals surface area contributed by atoms with Gasteiger partial charge in [0.2, 0.25) is 0 Å². The van der Waals surface area contributed by atoms with E-state index in [4.69, 9.17) is 5.73 Å². The van der Waals surface area contributed by atoms with Gasteiger partial charge in [-0.05, 0) is 47.0 Å². The van der Waals surface area contributed by atoms with Crippen LogP contribution in [0.5, 0.6) is 0 Å². The van der Waals surface area contributed by atoms with Gasteiger partial charge in [-0.15, -0.1) is 5.10 Å². The van der Waals surface area contributed by atoms with Crippen molar-refractivity contribution in [2.75, 3.05) is 17.2 Å². The van der Waals surface area contributed by atoms with Gasteiger partial charge in [0.05, 0.1) is 17.3 Å². The van der Waals surface area contributed by atoms with Crippen molar-refractivity contribution in [3.63, 3.8) is 0 Å². The molecule has 0 aromatic carbocycles. The van der Waals surface area contributed by atoms with Gasteiger partial charge in [-0.2, -0.15) is 10.4 Å². The minimum atomic E-state index is 0.0823. The average molecular weight is 345 g/mol. The second-order valence-corrected chi connectivity index (χ2v) is 5.79. The molecule has 7 heteroatoms. The van der Waals surface area contributed by atoms with E-state index in [9.17, 15) is 5.26 Å². The van der Waals surface area contributed by atoms with Crippen LogP contribution in [0, 0.1) is 11.3 Å². The predicted octanol–water partition coefficient (Wildman–Crippen LogP) is 2.43. The minimum absolute atomic E-state index is 0.0823. The van der Waals surface area contributed by atoms with E-state index in [0.29, 0.717) is 17.2 Å². The Morgan fingerprint density at radius 3 is 2.95 bits per heavy atom. The Balaban J connectivity index is 1.98. The Hall–Kier alpha value is -2.20. The van der Waals surface area contributed by atoms with Crippen LogP contribution >= 0.6 is 15.9 Å². The van der Waals surface area contributed by atoms with Crippen LogP contribution in [0.4, 0.5) is 11.6 Å². The maximum atomic E-state index is 9.31. The molecule has 0 radical (unpaired) electrons. The van der Waals surface area contributed by atoms with Gasteiger partial charge in [-0.25, -0.2) is 4.98 Å². The molecule has 0 aliphatic carbocycles. The van der Waals surface area contributed by atoms with E-state index in [1.54, 1.807) is 18.3 Å². The number of aromatic nitrogens is 3. The number of hydrogen-bond acceptors (Lipinski definition) is 6. The lowest BCUT2D eigenvalue weighted by molar-refractivity contribution is 0.673. The van der Waals surface area contributed by atoms with Gasteiger partial charge in [-0.1, -0.05) is 0 Å². The normalized spacial score (nSPS) is 17.7. The van der Waals surface area contributed by atoms with Gasteiger partial charge < -0.3 is 10.6 Å². The Bertz CT molecular complexity index is 694. The van der Waals surface area contributed by atoms with Crippen molar-refractivity contribution in [1.82, 2.24) is 15.2 Å². The lowest BCUT2D eigenvalue weighted by Gasteiger charge is -2.25. The van der Waals surface area contributed by atoms with Crippen LogP contribution in [-0.2, 0) is 0 Å². The molecule has 0 spiro atoms. The largest absolute Gasteiger partial charge is 0.382 e. The number of nitrogen functional groups attached to an aromatic ring is 1. The summed E-state index contributed by atoms with van der Waals surface area (Å²) >= 11 is 3.35. The zero-order chi connectivity index (χ0) is 14.8. The molecule has 0 bridgehead atoms. The number of nitrogens with zero attached hydrogens (tertiary/aromatic N) is 5. The Morgan fingerprint density at radius 1 is 1.38 bits per heavy atom. The topological polar surface area (TPSA) is 91.7 Å². The van der Waals surface area contributed by atoms with E-state index in [0.717, 1.165) is 29.6 Å². The number of anilines is 2. The molecule has 3 heterocycles. The number of nitrogens with two attached hydrogens (primary N) is 1. The molecule has 1 aliphatic heterocycles. The van der Waals surface area contributed by atoms with E-state index in [-0.39, 0.29) is 6.04 Å². The fourth-order valence-corrected chi connectivity index (χ4v) is 2.93. The van der Waals surface area contributed by atoms with E-state index in [1.165, 1.54) is 0 Å². The summed E-state index contributed by atoms with van der Waals surface area (Å²) in [7, 11) is 0. The number of hydrogen-bond donors (Lipinski definition) is 1. The van der Waals surface area contributed by atoms with Crippen LogP contribution in [0.25, 0.3) is 0 Å². The molecule has 21 heavy (non-hydrogen) atoms. The third-order valence-electron chi connectivity index (χ3n) is 3.53. The van der Waals surface area contributed by atoms with Crippen molar-refractivity contribution in [3.05, 3.63) is 40.1 Å². The first-order chi connectivity index (χ1) is 10.2. The summed E-state index contributed by atoms with van der Waals surface area (Å²) in [5.41, 5.74) is 7.00. The third-order valence-corrected chi connectivity index (χ3v) is 3.96. The first-order valence-corrected chi connectivity index (χ1v) is 7.39. The monoisotopic (exact) mass is 344 g/mol. The molecule has 1 atom stereocenters. The minimum Gasteiger partial charge on any atom is -0.382 e. The summed E-state index contributed by atoms with van der Waals surface area (Å²) in [5, 5.41) is 17.4. The van der Waals surface area contributed by atoms with E-state index in [1.807, 2.05) is 6.07 Å². The highest BCUT2D eigenvalue weighted by molar-refractivity contribution is 9.10. The molecule has 6 nitrogen and oxygen atoms in total. The molecule has 2 aromatic rings. The molecule has 106 valence electrons. The van der Waals surface area contributed by atoms with Gasteiger partial charge in [0.1, 0.15) is 17.7 Å². The van der Waals surface area contributed by atoms with Gasteiger partial charge in [-0.3, -0.25) is 0 Å². The van der Waals surface area contributed by atoms with Crippen molar-refractivity contribution in [1.29, 1.82) is 5.26 Å². The van der Waals surface area contributed by atoms with Gasteiger partial charge in [0.15, 0.2) is 0 Å². The quantitative estimate of drug-likeness (QED) is 0.899. The molecule has 0 saturated carbocycles. The van der Waals surface area contributed by atoms with Crippen LogP contribution in [0.3, 0.4) is 0 Å². The summed E-state index contributed by atoms with van der Waals surface area (Å²) in [5.74, 6) is 1.10. The zero-order valence-corrected chi connectivity index (χ0v) is 12.8. The van der Waals surface area contributed by atoms with Crippen molar-refractivity contribution in [2.45, 2.75) is 18.9 Å². The first-order valence-electron chi connectivity index (χ1n) is 6.60. The molecule has 2 aromatic heterocycles. The van der Waals surface area contributed by atoms with Crippen molar-refractivity contribution in [3.8, 4) is 6.07 Å². The highest BCUT2D eigenvalue weighted by atomic mass is 79.9. The van der Waals surface area contributed by atoms with Crippen molar-refractivity contribution >= 4 is 27.6 Å². The number of rotatable bonds is 2. The maximum Gasteiger partial charge on any atom is 0.147 e. The fourth-order valence-electron chi connectivity index (χ4n) is 2.60. The molecule has 1 fully saturated rings. The molecule has 2 N–H and O–H groups in total. The highest BCUT2D eigenvalue weighted by Gasteiger charge is 2.30. The van der Waals surface area contributed by atoms with E-state index >= 15 is 0 Å². The van der Waals surface area contributed by atoms with Crippen molar-refractivity contribution in [2.24, 2.45) is 0 Å². The van der Waals surface area contributed by atoms with Crippen molar-refractivity contribution < 1.29 is 0 Å². The number of nitriles is 1. The molecule has 1 saturated heterocycles. The van der Waals surface area contributed by atoms with E-state index < -0.39 is 0 Å². The fraction of sp³-hybridized carbons (Fsp3) is 0.286. The van der Waals surface area contributed by atoms with Crippen LogP contribution in [-0.4, -0.2) is 21.7 Å². The predicted molar refractivity (Wildman–Crippen MR) is 82.4 cm³/mol. The smallest absolute Gasteiger partial charge is 0.147 e. The molecule has 1 aliphatic rings. The zero-order valence-electron chi connectivity index (χ0n) is 11.2. The molecular formula is C14H13BrN6. The lowest BCUT2D eigenvalue weighted by atomic mass is 10.1. The summed E-state index contributed by atoms with van der Waals surface area (Å²) in [4.78, 5) is 6.52. The summed E-state index contributed by atoms with van der Waals surface area (Å²) < 4.78 is 0.797. The lowest BCUT2D eigenvalue weighted by Crippen LogP contribution is -2.25. The van der Waals surface area contributed by atoms with E-state index in [2.05, 4.69) is 42.1 Å². The van der Waals surface area contributed by atoms with Crippen LogP contribution in [0.15, 0.2) is 28.9 Å². The first kappa shape index (κ1) is 13.8. The van der Waals surface area contributed by atoms with Crippen LogP contribution in [0.1, 0.15) is 30.1 Å². The molecule has 0 amide bonds. The van der Waals surface area contributed by atoms with Crippen LogP contribution in [0.2, 0.25) is 0 Å². The Morgan fingerprint density at radius 2 is 2.24 bits per heavy atom. The third kappa shape index (κ3) is 2.67. The molecule has 1 unspecified atom stereocenters. The van der Waals surface area contributed by atoms with Gasteiger partial charge >= 0.3 is 0 Å². The second kappa shape index (κ2) is 5.66. The number of pyridine rings is 1. The molecular weight excluding hydrogens is 332 g/mol. The Kier molecular flexibility index (Phi) is 3.71. The Labute approximate surface area is 130 Å². The maximum absolute atomic E-state index is 9.31. The second-order valence-electron chi connectivity index (χ2n) is 4.87. The SMILES string of the molecule is N#Cc1cc(Br)cnc1N1CCCC1c1ccc(N)nn1. The van der Waals surface area contributed by atoms with Crippen LogP contribution < -0.4 is 10.6 Å². The van der Waals surface area contributed by atoms with Gasteiger partial charge in [0, 0.05) is 17.2 Å². The summed E-state index contributed by atoms with van der Waals surface area (Å²) in [6, 6.07) is 7.70. The average Bonchev–Trinajstić information content (AvgIpc) is 2.97. The number of halogens is 1. The highest BCUT2D eigenvalue weighted by Crippen LogP contribution is 2.36. The molecule has 3 rings (SSSR count). The summed E-state index contributed by atoms with van der Waals surface area (Å²) in [6.45, 7) is 0.847. The van der Waals surface area contributed by atoms with Gasteiger partial charge in [0.25, 0.3) is 0 Å². The standard InChI is InChI=1S/C14H13BrN6/c15-10-6-9(7-16)14(18-8-10)21-5-1-2-12(21)11-3-4-13(17)20-19-11/h3-4,6,8,12H,1-2,5H2,(H2,17,20). The summed E-state index contributed by atoms with van der Waals surface area (Å²) in [6.07, 6.45) is 3.70.